The Morgan fingerprint density at radius 2 is 0.967 bits per heavy atom. The fourth-order valence-corrected chi connectivity index (χ4v) is 7.97. The van der Waals surface area contributed by atoms with Gasteiger partial charge in [0.1, 0.15) is 0 Å². The molecule has 0 atom stereocenters. The monoisotopic (exact) mass is 779 g/mol. The number of hydrogen-bond acceptors (Lipinski definition) is 5. The molecule has 1 N–H and O–H groups in total. The summed E-state index contributed by atoms with van der Waals surface area (Å²) in [5.41, 5.74) is 11.7. The predicted octanol–water partition coefficient (Wildman–Crippen LogP) is 12.9. The fourth-order valence-electron chi connectivity index (χ4n) is 7.97. The fraction of sp³-hybridized carbons (Fsp3) is 0.0377. The van der Waals surface area contributed by atoms with E-state index in [1.165, 1.54) is 11.0 Å². The average Bonchev–Trinajstić information content (AvgIpc) is 3.81. The van der Waals surface area contributed by atoms with Gasteiger partial charge in [-0.25, -0.2) is 4.90 Å². The van der Waals surface area contributed by atoms with Crippen molar-refractivity contribution in [2.45, 2.75) is 13.8 Å². The van der Waals surface area contributed by atoms with E-state index in [0.717, 1.165) is 72.5 Å². The number of hydrogen-bond donors (Lipinski definition) is 1. The van der Waals surface area contributed by atoms with Crippen LogP contribution < -0.4 is 4.90 Å². The van der Waals surface area contributed by atoms with Crippen molar-refractivity contribution in [3.8, 4) is 50.2 Å². The molecule has 1 aliphatic heterocycles. The molecule has 9 aromatic rings. The minimum absolute atomic E-state index is 0.350. The molecule has 6 aromatic carbocycles. The van der Waals surface area contributed by atoms with Gasteiger partial charge in [0.15, 0.2) is 0 Å². The molecule has 7 heteroatoms. The highest BCUT2D eigenvalue weighted by Gasteiger charge is 2.40. The van der Waals surface area contributed by atoms with Crippen LogP contribution in [0.4, 0.5) is 5.69 Å². The first kappa shape index (κ1) is 38.8. The first-order valence-electron chi connectivity index (χ1n) is 19.8. The zero-order chi connectivity index (χ0) is 41.6. The molecule has 3 aromatic heterocycles. The van der Waals surface area contributed by atoms with Crippen LogP contribution in [0, 0.1) is 5.41 Å². The number of pyridine rings is 2. The van der Waals surface area contributed by atoms with E-state index < -0.39 is 0 Å². The molecule has 0 bridgehead atoms. The van der Waals surface area contributed by atoms with E-state index in [9.17, 15) is 9.59 Å². The number of nitrogens with zero attached hydrogens (tertiary/aromatic N) is 4. The zero-order valence-electron chi connectivity index (χ0n) is 33.3. The number of benzene rings is 6. The number of aromatic nitrogens is 3. The van der Waals surface area contributed by atoms with Crippen molar-refractivity contribution in [3.05, 3.63) is 206 Å². The smallest absolute Gasteiger partial charge is 0.268 e. The minimum atomic E-state index is -0.360. The summed E-state index contributed by atoms with van der Waals surface area (Å²) in [6.45, 7) is 7.24. The summed E-state index contributed by atoms with van der Waals surface area (Å²) in [5, 5.41) is 8.29. The second-order valence-electron chi connectivity index (χ2n) is 13.7. The summed E-state index contributed by atoms with van der Waals surface area (Å²) in [7, 11) is 0. The van der Waals surface area contributed by atoms with Gasteiger partial charge >= 0.3 is 0 Å². The first-order valence-corrected chi connectivity index (χ1v) is 19.8. The standard InChI is InChI=1S/C48H30N4O2.C3H5N.C2H6/c53-47-38-16-9-19-43(46(38)48(54)52(47)40-21-20-35(31-10-3-1-4-11-31)30-39(40)32-12-5-2-6-13-32)51-41-17-7-14-36(33-22-26-49-27-23-33)44(41)45-37(15-8-18-42(45)51)34-24-28-50-29-25-34;1-2-3-4;1-2/h1-30H;2-4H,1H2;1-2H3. The highest BCUT2D eigenvalue weighted by molar-refractivity contribution is 6.36. The van der Waals surface area contributed by atoms with Gasteiger partial charge in [-0.15, -0.1) is 0 Å². The van der Waals surface area contributed by atoms with Crippen LogP contribution in [0.3, 0.4) is 0 Å². The second kappa shape index (κ2) is 17.2. The van der Waals surface area contributed by atoms with Crippen LogP contribution in [0.5, 0.6) is 0 Å². The van der Waals surface area contributed by atoms with E-state index in [1.807, 2.05) is 123 Å². The van der Waals surface area contributed by atoms with Gasteiger partial charge in [-0.3, -0.25) is 19.6 Å². The average molecular weight is 780 g/mol. The Morgan fingerprint density at radius 1 is 0.483 bits per heavy atom. The number of nitrogens with one attached hydrogen (secondary N) is 1. The molecule has 0 unspecified atom stereocenters. The van der Waals surface area contributed by atoms with Crippen LogP contribution in [0.15, 0.2) is 195 Å². The molecule has 0 saturated carbocycles. The Labute approximate surface area is 349 Å². The van der Waals surface area contributed by atoms with Gasteiger partial charge in [0, 0.05) is 47.3 Å². The largest absolute Gasteiger partial charge is 0.309 e. The van der Waals surface area contributed by atoms with Crippen LogP contribution in [-0.2, 0) is 0 Å². The molecule has 290 valence electrons. The lowest BCUT2D eigenvalue weighted by Gasteiger charge is -2.20. The van der Waals surface area contributed by atoms with E-state index in [2.05, 4.69) is 63.6 Å². The highest BCUT2D eigenvalue weighted by atomic mass is 16.2. The summed E-state index contributed by atoms with van der Waals surface area (Å²) >= 11 is 0. The molecule has 0 fully saturated rings. The van der Waals surface area contributed by atoms with Crippen molar-refractivity contribution >= 4 is 45.5 Å². The molecule has 4 heterocycles. The van der Waals surface area contributed by atoms with Gasteiger partial charge in [-0.05, 0) is 99.6 Å². The van der Waals surface area contributed by atoms with E-state index >= 15 is 0 Å². The second-order valence-corrected chi connectivity index (χ2v) is 13.7. The summed E-state index contributed by atoms with van der Waals surface area (Å²) in [6.07, 6.45) is 9.76. The topological polar surface area (TPSA) is 91.9 Å². The van der Waals surface area contributed by atoms with Crippen molar-refractivity contribution in [1.82, 2.24) is 14.5 Å². The van der Waals surface area contributed by atoms with E-state index in [1.54, 1.807) is 30.9 Å². The molecular formula is C53H41N5O2. The van der Waals surface area contributed by atoms with Crippen molar-refractivity contribution in [2.24, 2.45) is 0 Å². The lowest BCUT2D eigenvalue weighted by molar-refractivity contribution is 0.0926. The Hall–Kier alpha value is -8.03. The Kier molecular flexibility index (Phi) is 11.1. The Balaban J connectivity index is 0.000000787. The highest BCUT2D eigenvalue weighted by Crippen LogP contribution is 2.45. The number of rotatable bonds is 7. The van der Waals surface area contributed by atoms with Crippen molar-refractivity contribution in [1.29, 1.82) is 5.41 Å². The Bertz CT molecular complexity index is 2910. The number of amides is 2. The maximum absolute atomic E-state index is 15.0. The summed E-state index contributed by atoms with van der Waals surface area (Å²) in [4.78, 5) is 39.5. The van der Waals surface area contributed by atoms with Gasteiger partial charge in [0.25, 0.3) is 11.8 Å². The molecule has 0 spiro atoms. The van der Waals surface area contributed by atoms with Crippen LogP contribution in [-0.4, -0.2) is 32.6 Å². The minimum Gasteiger partial charge on any atom is -0.309 e. The number of anilines is 1. The van der Waals surface area contributed by atoms with E-state index in [0.29, 0.717) is 22.5 Å². The molecule has 0 radical (unpaired) electrons. The lowest BCUT2D eigenvalue weighted by atomic mass is 9.95. The number of carbonyl (C=O) groups excluding carboxylic acids is 2. The lowest BCUT2D eigenvalue weighted by Crippen LogP contribution is -2.30. The van der Waals surface area contributed by atoms with Gasteiger partial charge in [-0.1, -0.05) is 124 Å². The number of carbonyl (C=O) groups is 2. The van der Waals surface area contributed by atoms with Gasteiger partial charge < -0.3 is 9.98 Å². The van der Waals surface area contributed by atoms with E-state index in [4.69, 9.17) is 5.41 Å². The van der Waals surface area contributed by atoms with Crippen molar-refractivity contribution < 1.29 is 9.59 Å². The third-order valence-electron chi connectivity index (χ3n) is 10.5. The Morgan fingerprint density at radius 3 is 1.50 bits per heavy atom. The zero-order valence-corrected chi connectivity index (χ0v) is 33.3. The molecule has 7 nitrogen and oxygen atoms in total. The first-order chi connectivity index (χ1) is 29.6. The van der Waals surface area contributed by atoms with Crippen LogP contribution in [0.2, 0.25) is 0 Å². The molecule has 10 rings (SSSR count). The van der Waals surface area contributed by atoms with Crippen LogP contribution >= 0.6 is 0 Å². The normalized spacial score (nSPS) is 11.7. The summed E-state index contributed by atoms with van der Waals surface area (Å²) < 4.78 is 2.14. The van der Waals surface area contributed by atoms with E-state index in [-0.39, 0.29) is 11.8 Å². The van der Waals surface area contributed by atoms with Gasteiger partial charge in [-0.2, -0.15) is 0 Å². The summed E-state index contributed by atoms with van der Waals surface area (Å²) in [5.74, 6) is -0.710. The van der Waals surface area contributed by atoms with Gasteiger partial charge in [0.05, 0.1) is 33.5 Å². The van der Waals surface area contributed by atoms with Crippen LogP contribution in [0.25, 0.3) is 72.0 Å². The molecule has 1 aliphatic rings. The summed E-state index contributed by atoms with van der Waals surface area (Å²) in [6, 6.07) is 52.1. The molecule has 60 heavy (non-hydrogen) atoms. The number of allylic oxidation sites excluding steroid dienone is 1. The molecule has 0 saturated heterocycles. The number of imide groups is 1. The quantitative estimate of drug-likeness (QED) is 0.129. The van der Waals surface area contributed by atoms with Crippen LogP contribution in [0.1, 0.15) is 34.6 Å². The maximum atomic E-state index is 15.0. The molecule has 2 amide bonds. The third kappa shape index (κ3) is 6.88. The van der Waals surface area contributed by atoms with Crippen molar-refractivity contribution in [2.75, 3.05) is 4.90 Å². The molecular weight excluding hydrogens is 739 g/mol. The van der Waals surface area contributed by atoms with Crippen molar-refractivity contribution in [3.63, 3.8) is 0 Å². The molecule has 0 aliphatic carbocycles. The number of fused-ring (bicyclic) bond motifs is 4. The third-order valence-corrected chi connectivity index (χ3v) is 10.5. The maximum Gasteiger partial charge on any atom is 0.268 e. The SMILES string of the molecule is C=CC=N.CC.O=C1c2cccc(-n3c4cccc(-c5ccncc5)c4c4c(-c5ccncc5)cccc43)c2C(=O)N1c1ccc(-c2ccccc2)cc1-c1ccccc1. The predicted molar refractivity (Wildman–Crippen MR) is 246 cm³/mol. The van der Waals surface area contributed by atoms with Gasteiger partial charge in [0.2, 0.25) is 0 Å².